The molecule has 42 heavy (non-hydrogen) atoms. The van der Waals surface area contributed by atoms with Crippen LogP contribution in [0.15, 0.2) is 97.7 Å². The van der Waals surface area contributed by atoms with Crippen molar-refractivity contribution in [3.63, 3.8) is 0 Å². The highest BCUT2D eigenvalue weighted by Crippen LogP contribution is 2.27. The number of benzene rings is 3. The van der Waals surface area contributed by atoms with Crippen LogP contribution in [0, 0.1) is 18.8 Å². The summed E-state index contributed by atoms with van der Waals surface area (Å²) < 4.78 is 0. The molecule has 0 fully saturated rings. The van der Waals surface area contributed by atoms with Crippen LogP contribution in [0.5, 0.6) is 0 Å². The average Bonchev–Trinajstić information content (AvgIpc) is 3.43. The zero-order chi connectivity index (χ0) is 29.9. The molecule has 0 radical (unpaired) electrons. The molecule has 3 aromatic carbocycles. The van der Waals surface area contributed by atoms with Crippen LogP contribution in [0.1, 0.15) is 59.2 Å². The summed E-state index contributed by atoms with van der Waals surface area (Å²) in [5.41, 5.74) is 4.58. The van der Waals surface area contributed by atoms with Gasteiger partial charge in [-0.15, -0.1) is 6.58 Å². The van der Waals surface area contributed by atoms with Gasteiger partial charge in [0.05, 0.1) is 17.9 Å². The van der Waals surface area contributed by atoms with Crippen LogP contribution in [0.2, 0.25) is 0 Å². The van der Waals surface area contributed by atoms with E-state index in [2.05, 4.69) is 41.1 Å². The lowest BCUT2D eigenvalue weighted by atomic mass is 9.82. The highest BCUT2D eigenvalue weighted by atomic mass is 16.4. The van der Waals surface area contributed by atoms with E-state index in [-0.39, 0.29) is 11.7 Å². The lowest BCUT2D eigenvalue weighted by molar-refractivity contribution is -0.148. The lowest BCUT2D eigenvalue weighted by Gasteiger charge is -2.26. The van der Waals surface area contributed by atoms with Crippen molar-refractivity contribution in [1.82, 2.24) is 10.3 Å². The monoisotopic (exact) mass is 564 g/mol. The molecule has 6 nitrogen and oxygen atoms in total. The summed E-state index contributed by atoms with van der Waals surface area (Å²) in [5, 5.41) is 14.0. The summed E-state index contributed by atoms with van der Waals surface area (Å²) in [6.45, 7) is 5.79. The van der Waals surface area contributed by atoms with Gasteiger partial charge in [-0.1, -0.05) is 84.4 Å². The second-order valence-corrected chi connectivity index (χ2v) is 11.0. The van der Waals surface area contributed by atoms with Crippen LogP contribution in [-0.2, 0) is 22.4 Å². The molecule has 218 valence electrons. The van der Waals surface area contributed by atoms with E-state index in [1.54, 1.807) is 12.3 Å². The largest absolute Gasteiger partial charge is 0.481 e. The molecule has 0 saturated carbocycles. The summed E-state index contributed by atoms with van der Waals surface area (Å²) in [6, 6.07) is 24.5. The van der Waals surface area contributed by atoms with Crippen molar-refractivity contribution in [2.45, 2.75) is 57.9 Å². The number of allylic oxidation sites excluding steroid dienone is 1. The Kier molecular flexibility index (Phi) is 10.9. The number of aryl methyl sites for hydroxylation is 2. The maximum Gasteiger partial charge on any atom is 0.307 e. The normalized spacial score (nSPS) is 13.3. The van der Waals surface area contributed by atoms with Crippen molar-refractivity contribution in [2.24, 2.45) is 11.8 Å². The molecule has 3 N–H and O–H groups in total. The third kappa shape index (κ3) is 8.06. The van der Waals surface area contributed by atoms with Crippen LogP contribution >= 0.6 is 0 Å². The van der Waals surface area contributed by atoms with Crippen LogP contribution in [0.4, 0.5) is 0 Å². The van der Waals surface area contributed by atoms with Gasteiger partial charge in [0.2, 0.25) is 5.91 Å². The molecule has 0 saturated heterocycles. The van der Waals surface area contributed by atoms with E-state index in [0.29, 0.717) is 44.1 Å². The number of hydrogen-bond acceptors (Lipinski definition) is 3. The third-order valence-corrected chi connectivity index (χ3v) is 7.93. The molecule has 0 aliphatic heterocycles. The van der Waals surface area contributed by atoms with E-state index in [0.717, 1.165) is 28.5 Å². The highest BCUT2D eigenvalue weighted by molar-refractivity contribution is 6.11. The Balaban J connectivity index is 1.60. The van der Waals surface area contributed by atoms with Gasteiger partial charge in [0.25, 0.3) is 0 Å². The number of hydrogen-bond donors (Lipinski definition) is 3. The summed E-state index contributed by atoms with van der Waals surface area (Å²) in [4.78, 5) is 43.6. The zero-order valence-electron chi connectivity index (χ0n) is 24.2. The van der Waals surface area contributed by atoms with Gasteiger partial charge in [-0.3, -0.25) is 14.4 Å². The number of para-hydroxylation sites is 1. The smallest absolute Gasteiger partial charge is 0.307 e. The fraction of sp³-hybridized carbons (Fsp3) is 0.306. The highest BCUT2D eigenvalue weighted by Gasteiger charge is 2.35. The van der Waals surface area contributed by atoms with E-state index >= 15 is 0 Å². The number of H-pyrrole nitrogens is 1. The maximum atomic E-state index is 14.0. The quantitative estimate of drug-likeness (QED) is 0.0769. The number of Topliss-reactive ketones (excluding diaryl/α,β-unsaturated/α-hetero) is 1. The van der Waals surface area contributed by atoms with Gasteiger partial charge in [0, 0.05) is 29.1 Å². The second-order valence-electron chi connectivity index (χ2n) is 11.0. The van der Waals surface area contributed by atoms with Crippen LogP contribution in [0.3, 0.4) is 0 Å². The molecule has 1 heterocycles. The number of carboxylic acid groups (broad SMARTS) is 1. The van der Waals surface area contributed by atoms with Gasteiger partial charge in [0.1, 0.15) is 0 Å². The van der Waals surface area contributed by atoms with Crippen LogP contribution < -0.4 is 5.32 Å². The number of carboxylic acids is 1. The van der Waals surface area contributed by atoms with E-state index in [4.69, 9.17) is 0 Å². The van der Waals surface area contributed by atoms with Gasteiger partial charge >= 0.3 is 5.97 Å². The molecular weight excluding hydrogens is 524 g/mol. The molecule has 3 atom stereocenters. The fourth-order valence-corrected chi connectivity index (χ4v) is 5.58. The molecule has 0 spiro atoms. The SMILES string of the molecule is C=CCCC[C@H](C(=O)O)[C@@H](CCCc1ccc(C)cc1)C(=O)N[C@@H](Cc1ccccc1)C(=O)c1c[nH]c2ccccc12. The second kappa shape index (κ2) is 15.0. The summed E-state index contributed by atoms with van der Waals surface area (Å²) >= 11 is 0. The Morgan fingerprint density at radius 3 is 2.29 bits per heavy atom. The van der Waals surface area contributed by atoms with Gasteiger partial charge in [0.15, 0.2) is 5.78 Å². The Morgan fingerprint density at radius 2 is 1.57 bits per heavy atom. The number of unbranched alkanes of at least 4 members (excludes halogenated alkanes) is 1. The number of aliphatic carboxylic acids is 1. The molecule has 0 aliphatic rings. The first-order valence-electron chi connectivity index (χ1n) is 14.7. The molecule has 0 aliphatic carbocycles. The van der Waals surface area contributed by atoms with E-state index < -0.39 is 23.8 Å². The number of nitrogens with one attached hydrogen (secondary N) is 2. The predicted octanol–water partition coefficient (Wildman–Crippen LogP) is 7.08. The number of aromatic amines is 1. The Morgan fingerprint density at radius 1 is 0.881 bits per heavy atom. The molecule has 0 unspecified atom stereocenters. The van der Waals surface area contributed by atoms with Gasteiger partial charge in [-0.25, -0.2) is 0 Å². The minimum Gasteiger partial charge on any atom is -0.481 e. The van der Waals surface area contributed by atoms with Gasteiger partial charge < -0.3 is 15.4 Å². The summed E-state index contributed by atoms with van der Waals surface area (Å²) in [6.07, 6.45) is 7.23. The molecule has 1 amide bonds. The molecule has 1 aromatic heterocycles. The topological polar surface area (TPSA) is 99.3 Å². The third-order valence-electron chi connectivity index (χ3n) is 7.93. The van der Waals surface area contributed by atoms with Crippen molar-refractivity contribution in [3.05, 3.63) is 120 Å². The Hall–Kier alpha value is -4.45. The van der Waals surface area contributed by atoms with Gasteiger partial charge in [-0.2, -0.15) is 0 Å². The van der Waals surface area contributed by atoms with Crippen molar-refractivity contribution in [3.8, 4) is 0 Å². The number of rotatable bonds is 16. The summed E-state index contributed by atoms with van der Waals surface area (Å²) in [7, 11) is 0. The minimum absolute atomic E-state index is 0.207. The van der Waals surface area contributed by atoms with Crippen molar-refractivity contribution >= 4 is 28.6 Å². The number of ketones is 1. The first kappa shape index (κ1) is 30.5. The average molecular weight is 565 g/mol. The minimum atomic E-state index is -0.989. The van der Waals surface area contributed by atoms with Crippen LogP contribution in [0.25, 0.3) is 10.9 Å². The molecule has 0 bridgehead atoms. The first-order valence-corrected chi connectivity index (χ1v) is 14.7. The van der Waals surface area contributed by atoms with Crippen molar-refractivity contribution in [1.29, 1.82) is 0 Å². The fourth-order valence-electron chi connectivity index (χ4n) is 5.58. The first-order chi connectivity index (χ1) is 20.4. The molecule has 6 heteroatoms. The molecule has 4 aromatic rings. The Bertz CT molecular complexity index is 1490. The number of carbonyl (C=O) groups excluding carboxylic acids is 2. The van der Waals surface area contributed by atoms with Crippen molar-refractivity contribution < 1.29 is 19.5 Å². The summed E-state index contributed by atoms with van der Waals surface area (Å²) in [5.74, 6) is -3.21. The standard InChI is InChI=1S/C36H40N2O4/c1-3-4-6-16-30(36(41)42)29(17-11-14-26-21-19-25(2)20-22-26)35(40)38-33(23-27-12-7-5-8-13-27)34(39)31-24-37-32-18-10-9-15-28(31)32/h3,5,7-10,12-13,15,18-22,24,29-30,33,37H,1,4,6,11,14,16-17,23H2,2H3,(H,38,40)(H,41,42)/t29-,30+,33+/m1/s1. The van der Waals surface area contributed by atoms with Crippen molar-refractivity contribution in [2.75, 3.05) is 0 Å². The van der Waals surface area contributed by atoms with Crippen LogP contribution in [-0.4, -0.2) is 33.8 Å². The van der Waals surface area contributed by atoms with Gasteiger partial charge in [-0.05, 0) is 62.6 Å². The number of aromatic nitrogens is 1. The molecule has 4 rings (SSSR count). The Labute approximate surface area is 247 Å². The number of carbonyl (C=O) groups is 3. The van der Waals surface area contributed by atoms with E-state index in [1.807, 2.05) is 61.5 Å². The zero-order valence-corrected chi connectivity index (χ0v) is 24.2. The maximum absolute atomic E-state index is 14.0. The number of fused-ring (bicyclic) bond motifs is 1. The van der Waals surface area contributed by atoms with E-state index in [9.17, 15) is 19.5 Å². The number of amides is 1. The molecular formula is C36H40N2O4. The van der Waals surface area contributed by atoms with E-state index in [1.165, 1.54) is 5.56 Å². The lowest BCUT2D eigenvalue weighted by Crippen LogP contribution is -2.47. The predicted molar refractivity (Wildman–Crippen MR) is 167 cm³/mol.